The van der Waals surface area contributed by atoms with E-state index < -0.39 is 23.3 Å². The van der Waals surface area contributed by atoms with E-state index in [4.69, 9.17) is 10.4 Å². The average Bonchev–Trinajstić information content (AvgIpc) is 3.03. The Morgan fingerprint density at radius 2 is 1.96 bits per heavy atom. The van der Waals surface area contributed by atoms with Gasteiger partial charge in [0.15, 0.2) is 0 Å². The van der Waals surface area contributed by atoms with Crippen LogP contribution in [-0.2, 0) is 19.0 Å². The fourth-order valence-corrected chi connectivity index (χ4v) is 5.15. The van der Waals surface area contributed by atoms with Crippen molar-refractivity contribution in [2.24, 2.45) is 34.3 Å². The summed E-state index contributed by atoms with van der Waals surface area (Å²) in [7, 11) is -0.230. The van der Waals surface area contributed by atoms with E-state index >= 15 is 0 Å². The second-order valence-electron chi connectivity index (χ2n) is 9.39. The molecule has 0 radical (unpaired) electrons. The monoisotopic (exact) mass is 364 g/mol. The van der Waals surface area contributed by atoms with Gasteiger partial charge in [-0.1, -0.05) is 20.8 Å². The molecule has 1 amide bonds. The quantitative estimate of drug-likeness (QED) is 0.405. The number of likely N-dealkylation sites (tertiary alicyclic amines) is 1. The van der Waals surface area contributed by atoms with E-state index in [1.165, 1.54) is 17.7 Å². The largest absolute Gasteiger partial charge is 0.480 e. The summed E-state index contributed by atoms with van der Waals surface area (Å²) in [6.07, 6.45) is 4.26. The first-order chi connectivity index (χ1) is 12.1. The van der Waals surface area contributed by atoms with Crippen molar-refractivity contribution in [2.45, 2.75) is 52.5 Å². The third-order valence-corrected chi connectivity index (χ3v) is 6.43. The fraction of sp³-hybridized carbons (Fsp3) is 0.833. The molecule has 1 saturated heterocycles. The molecular weight excluding hydrogens is 335 g/mol. The average molecular weight is 364 g/mol. The summed E-state index contributed by atoms with van der Waals surface area (Å²) < 4.78 is 5.01. The predicted octanol–water partition coefficient (Wildman–Crippen LogP) is 0.561. The highest BCUT2D eigenvalue weighted by molar-refractivity contribution is 6.70. The molecule has 1 spiro atoms. The maximum absolute atomic E-state index is 13.3. The van der Waals surface area contributed by atoms with E-state index in [1.807, 2.05) is 20.8 Å². The van der Waals surface area contributed by atoms with E-state index in [0.717, 1.165) is 12.8 Å². The predicted molar refractivity (Wildman–Crippen MR) is 96.3 cm³/mol. The van der Waals surface area contributed by atoms with Crippen molar-refractivity contribution in [1.82, 2.24) is 4.90 Å². The first-order valence-corrected chi connectivity index (χ1v) is 9.43. The highest BCUT2D eigenvalue weighted by atomic mass is 16.4. The first-order valence-electron chi connectivity index (χ1n) is 9.43. The Kier molecular flexibility index (Phi) is 4.94. The topological polar surface area (TPSA) is 110 Å². The maximum atomic E-state index is 13.3. The highest BCUT2D eigenvalue weighted by Crippen LogP contribution is 2.64. The van der Waals surface area contributed by atoms with Crippen LogP contribution in [0.1, 0.15) is 46.5 Å². The number of nitrogens with zero attached hydrogens (tertiary/aromatic N) is 1. The van der Waals surface area contributed by atoms with Gasteiger partial charge in [-0.25, -0.2) is 4.79 Å². The molecule has 8 heteroatoms. The zero-order valence-corrected chi connectivity index (χ0v) is 15.9. The molecule has 3 rings (SSSR count). The zero-order valence-electron chi connectivity index (χ0n) is 15.9. The van der Waals surface area contributed by atoms with Gasteiger partial charge in [0.1, 0.15) is 11.7 Å². The van der Waals surface area contributed by atoms with Gasteiger partial charge in [-0.05, 0) is 48.3 Å². The van der Waals surface area contributed by atoms with Gasteiger partial charge in [0.25, 0.3) is 0 Å². The summed E-state index contributed by atoms with van der Waals surface area (Å²) in [5, 5.41) is 9.81. The number of carboxylic acid groups (broad SMARTS) is 1. The Labute approximate surface area is 154 Å². The minimum atomic E-state index is -0.957. The lowest BCUT2D eigenvalue weighted by atomic mass is 9.69. The van der Waals surface area contributed by atoms with E-state index in [2.05, 4.69) is 0 Å². The van der Waals surface area contributed by atoms with Crippen LogP contribution in [0, 0.1) is 28.6 Å². The standard InChI is InChI=1S/C18H29BN2O5/c1-17(2,3)12(14(22)19-26-9-20)15(23)21-8-10-6-18(4-5-18)7-11(10)13(21)16(24)25/h10-13,19H,4-9,20H2,1-3H3,(H,24,25)/t10-,11-,12+,13-/m0/s1. The van der Waals surface area contributed by atoms with Crippen LogP contribution >= 0.6 is 0 Å². The molecule has 7 nitrogen and oxygen atoms in total. The van der Waals surface area contributed by atoms with Crippen molar-refractivity contribution in [3.05, 3.63) is 0 Å². The number of fused-ring (bicyclic) bond motifs is 1. The molecule has 26 heavy (non-hydrogen) atoms. The lowest BCUT2D eigenvalue weighted by molar-refractivity contribution is -0.154. The summed E-state index contributed by atoms with van der Waals surface area (Å²) in [6, 6.07) is -0.819. The molecule has 3 fully saturated rings. The third kappa shape index (κ3) is 3.41. The molecular formula is C18H29BN2O5. The summed E-state index contributed by atoms with van der Waals surface area (Å²) in [4.78, 5) is 39.3. The molecule has 144 valence electrons. The normalized spacial score (nSPS) is 30.2. The molecule has 0 aromatic heterocycles. The Morgan fingerprint density at radius 1 is 1.31 bits per heavy atom. The molecule has 0 unspecified atom stereocenters. The van der Waals surface area contributed by atoms with E-state index in [0.29, 0.717) is 12.0 Å². The Morgan fingerprint density at radius 3 is 2.46 bits per heavy atom. The van der Waals surface area contributed by atoms with Gasteiger partial charge in [0.2, 0.25) is 5.91 Å². The van der Waals surface area contributed by atoms with Gasteiger partial charge in [-0.2, -0.15) is 0 Å². The van der Waals surface area contributed by atoms with Crippen molar-refractivity contribution >= 4 is 25.0 Å². The summed E-state index contributed by atoms with van der Waals surface area (Å²) in [5.74, 6) is -2.02. The molecule has 0 aromatic carbocycles. The van der Waals surface area contributed by atoms with Crippen LogP contribution < -0.4 is 5.73 Å². The van der Waals surface area contributed by atoms with Gasteiger partial charge in [0.05, 0.1) is 12.6 Å². The van der Waals surface area contributed by atoms with Gasteiger partial charge in [-0.15, -0.1) is 0 Å². The Bertz CT molecular complexity index is 613. The summed E-state index contributed by atoms with van der Waals surface area (Å²) in [5.41, 5.74) is 4.67. The van der Waals surface area contributed by atoms with Crippen LogP contribution in [0.5, 0.6) is 0 Å². The van der Waals surface area contributed by atoms with Gasteiger partial charge >= 0.3 is 13.5 Å². The minimum absolute atomic E-state index is 0.00922. The second-order valence-corrected chi connectivity index (χ2v) is 9.39. The van der Waals surface area contributed by atoms with Crippen LogP contribution in [0.25, 0.3) is 0 Å². The number of hydrogen-bond donors (Lipinski definition) is 2. The number of nitrogens with two attached hydrogens (primary N) is 1. The van der Waals surface area contributed by atoms with E-state index in [1.54, 1.807) is 0 Å². The van der Waals surface area contributed by atoms with Crippen LogP contribution in [-0.4, -0.2) is 54.4 Å². The number of carbonyl (C=O) groups excluding carboxylic acids is 2. The van der Waals surface area contributed by atoms with Crippen LogP contribution in [0.2, 0.25) is 0 Å². The van der Waals surface area contributed by atoms with Crippen molar-refractivity contribution in [2.75, 3.05) is 13.3 Å². The number of hydrogen-bond acceptors (Lipinski definition) is 5. The third-order valence-electron chi connectivity index (χ3n) is 6.43. The second kappa shape index (κ2) is 6.64. The Balaban J connectivity index is 1.82. The smallest absolute Gasteiger partial charge is 0.353 e. The lowest BCUT2D eigenvalue weighted by Gasteiger charge is -2.34. The SMILES string of the molecule is CC(C)(C)[C@H](C(=O)BOCN)C(=O)N1C[C@@H]2CC3(CC3)C[C@@H]2[C@H]1C(=O)O. The van der Waals surface area contributed by atoms with E-state index in [-0.39, 0.29) is 37.6 Å². The molecule has 1 heterocycles. The van der Waals surface area contributed by atoms with Gasteiger partial charge in [-0.3, -0.25) is 4.79 Å². The number of carbonyl (C=O) groups is 3. The number of carboxylic acids is 1. The molecule has 2 saturated carbocycles. The first kappa shape index (κ1) is 19.4. The van der Waals surface area contributed by atoms with Gasteiger partial charge in [0, 0.05) is 6.54 Å². The van der Waals surface area contributed by atoms with Crippen molar-refractivity contribution in [3.63, 3.8) is 0 Å². The Hall–Kier alpha value is -1.41. The van der Waals surface area contributed by atoms with Crippen LogP contribution in [0.4, 0.5) is 0 Å². The number of amides is 1. The van der Waals surface area contributed by atoms with Crippen molar-refractivity contribution < 1.29 is 24.1 Å². The molecule has 3 aliphatic rings. The number of rotatable bonds is 6. The van der Waals surface area contributed by atoms with Crippen molar-refractivity contribution in [3.8, 4) is 0 Å². The minimum Gasteiger partial charge on any atom is -0.480 e. The van der Waals surface area contributed by atoms with Crippen LogP contribution in [0.3, 0.4) is 0 Å². The van der Waals surface area contributed by atoms with Crippen molar-refractivity contribution in [1.29, 1.82) is 0 Å². The number of aliphatic carboxylic acids is 1. The summed E-state index contributed by atoms with van der Waals surface area (Å²) >= 11 is 0. The highest BCUT2D eigenvalue weighted by Gasteiger charge is 2.61. The molecule has 2 aliphatic carbocycles. The molecule has 3 N–H and O–H groups in total. The fourth-order valence-electron chi connectivity index (χ4n) is 5.15. The molecule has 4 atom stereocenters. The zero-order chi connectivity index (χ0) is 19.3. The summed E-state index contributed by atoms with van der Waals surface area (Å²) in [6.45, 7) is 5.82. The molecule has 1 aliphatic heterocycles. The lowest BCUT2D eigenvalue weighted by Crippen LogP contribution is -2.51. The van der Waals surface area contributed by atoms with Gasteiger partial charge < -0.3 is 25.2 Å². The van der Waals surface area contributed by atoms with Crippen LogP contribution in [0.15, 0.2) is 0 Å². The molecule has 0 bridgehead atoms. The maximum Gasteiger partial charge on any atom is 0.353 e. The molecule has 0 aromatic rings. The van der Waals surface area contributed by atoms with E-state index in [9.17, 15) is 19.5 Å².